The van der Waals surface area contributed by atoms with E-state index >= 15 is 0 Å². The van der Waals surface area contributed by atoms with E-state index in [2.05, 4.69) is 6.58 Å². The number of aliphatic hydroxyl groups excluding tert-OH is 5. The van der Waals surface area contributed by atoms with Crippen LogP contribution in [0.4, 0.5) is 0 Å². The number of hydrogen-bond acceptors (Lipinski definition) is 15. The maximum absolute atomic E-state index is 13.7. The quantitative estimate of drug-likeness (QED) is 0.103. The lowest BCUT2D eigenvalue weighted by atomic mass is 9.79. The van der Waals surface area contributed by atoms with E-state index in [4.69, 9.17) is 37.9 Å². The highest BCUT2D eigenvalue weighted by Gasteiger charge is 2.54. The summed E-state index contributed by atoms with van der Waals surface area (Å²) in [7, 11) is 4.12. The first kappa shape index (κ1) is 34.7. The van der Waals surface area contributed by atoms with Crippen LogP contribution in [0.3, 0.4) is 0 Å². The average Bonchev–Trinajstić information content (AvgIpc) is 3.33. The zero-order valence-corrected chi connectivity index (χ0v) is 25.2. The summed E-state index contributed by atoms with van der Waals surface area (Å²) in [6.45, 7) is 5.32. The monoisotopic (exact) mass is 632 g/mol. The van der Waals surface area contributed by atoms with Gasteiger partial charge in [0.2, 0.25) is 6.29 Å². The molecular weight excluding hydrogens is 588 g/mol. The topological polar surface area (TPSA) is 209 Å². The van der Waals surface area contributed by atoms with Crippen molar-refractivity contribution < 1.29 is 73.0 Å². The molecule has 14 unspecified atom stereocenters. The van der Waals surface area contributed by atoms with Crippen LogP contribution in [0.25, 0.3) is 0 Å². The molecule has 5 N–H and O–H groups in total. The number of aliphatic hydroxyl groups is 5. The molecule has 0 spiro atoms. The number of methoxy groups -OCH3 is 3. The highest BCUT2D eigenvalue weighted by atomic mass is 16.8. The molecule has 3 aliphatic heterocycles. The number of rotatable bonds is 11. The number of esters is 2. The standard InChI is InChI=1S/C29H44O15/c1-6-13-14(8-20(37-3)38-4)17(11-41-28(13)44-29-24(33)23(32)22(31)19(9-30)43-29)25(34)42-18-7-15-16(12(18)2)10-40-27(36)21(15)26(35)39-5/h6,11-16,18-24,27-33,36H,1,7-10H2,2-5H3. The maximum Gasteiger partial charge on any atom is 0.337 e. The van der Waals surface area contributed by atoms with E-state index in [1.165, 1.54) is 33.7 Å². The molecule has 44 heavy (non-hydrogen) atoms. The van der Waals surface area contributed by atoms with Gasteiger partial charge in [0.1, 0.15) is 36.4 Å². The summed E-state index contributed by atoms with van der Waals surface area (Å²) in [4.78, 5) is 26.2. The molecule has 0 radical (unpaired) electrons. The molecule has 2 saturated heterocycles. The van der Waals surface area contributed by atoms with Crippen LogP contribution in [-0.2, 0) is 47.5 Å². The predicted octanol–water partition coefficient (Wildman–Crippen LogP) is -1.21. The first-order valence-corrected chi connectivity index (χ1v) is 14.6. The van der Waals surface area contributed by atoms with Crippen molar-refractivity contribution in [3.05, 3.63) is 24.5 Å². The van der Waals surface area contributed by atoms with Gasteiger partial charge in [0.05, 0.1) is 32.2 Å². The normalized spacial score (nSPS) is 42.2. The van der Waals surface area contributed by atoms with Crippen molar-refractivity contribution in [3.63, 3.8) is 0 Å². The van der Waals surface area contributed by atoms with E-state index in [-0.39, 0.29) is 36.4 Å². The van der Waals surface area contributed by atoms with E-state index in [0.717, 1.165) is 0 Å². The molecule has 0 aromatic carbocycles. The zero-order chi connectivity index (χ0) is 32.3. The van der Waals surface area contributed by atoms with Gasteiger partial charge in [-0.2, -0.15) is 0 Å². The summed E-state index contributed by atoms with van der Waals surface area (Å²) in [6, 6.07) is 0. The smallest absolute Gasteiger partial charge is 0.337 e. The third-order valence-electron chi connectivity index (χ3n) is 9.38. The van der Waals surface area contributed by atoms with Gasteiger partial charge in [-0.05, 0) is 24.2 Å². The summed E-state index contributed by atoms with van der Waals surface area (Å²) in [6.07, 6.45) is -8.35. The van der Waals surface area contributed by atoms with Crippen molar-refractivity contribution in [2.24, 2.45) is 35.5 Å². The Bertz CT molecular complexity index is 1030. The Morgan fingerprint density at radius 3 is 2.39 bits per heavy atom. The third-order valence-corrected chi connectivity index (χ3v) is 9.38. The van der Waals surface area contributed by atoms with Gasteiger partial charge in [0.15, 0.2) is 18.9 Å². The minimum atomic E-state index is -1.68. The third kappa shape index (κ3) is 6.82. The van der Waals surface area contributed by atoms with E-state index in [1.54, 1.807) is 0 Å². The second kappa shape index (κ2) is 14.9. The molecule has 0 bridgehead atoms. The molecule has 1 saturated carbocycles. The van der Waals surface area contributed by atoms with Gasteiger partial charge in [0.25, 0.3) is 0 Å². The average molecular weight is 633 g/mol. The Kier molecular flexibility index (Phi) is 11.8. The van der Waals surface area contributed by atoms with Gasteiger partial charge < -0.3 is 63.4 Å². The fourth-order valence-electron chi connectivity index (χ4n) is 6.73. The minimum Gasteiger partial charge on any atom is -0.471 e. The first-order valence-electron chi connectivity index (χ1n) is 14.6. The summed E-state index contributed by atoms with van der Waals surface area (Å²) in [5.74, 6) is -4.32. The molecule has 3 fully saturated rings. The van der Waals surface area contributed by atoms with Crippen molar-refractivity contribution in [1.82, 2.24) is 0 Å². The van der Waals surface area contributed by atoms with E-state index in [9.17, 15) is 35.1 Å². The highest BCUT2D eigenvalue weighted by molar-refractivity contribution is 5.89. The number of carbonyl (C=O) groups is 2. The van der Waals surface area contributed by atoms with Crippen molar-refractivity contribution in [1.29, 1.82) is 0 Å². The van der Waals surface area contributed by atoms with E-state index in [1.807, 2.05) is 6.92 Å². The van der Waals surface area contributed by atoms with Gasteiger partial charge in [-0.25, -0.2) is 4.79 Å². The molecule has 0 aromatic rings. The van der Waals surface area contributed by atoms with Gasteiger partial charge in [-0.15, -0.1) is 6.58 Å². The van der Waals surface area contributed by atoms with Crippen LogP contribution >= 0.6 is 0 Å². The van der Waals surface area contributed by atoms with Gasteiger partial charge in [-0.3, -0.25) is 4.79 Å². The van der Waals surface area contributed by atoms with Crippen LogP contribution in [0.15, 0.2) is 24.5 Å². The minimum absolute atomic E-state index is 0.130. The molecule has 0 aromatic heterocycles. The fraction of sp³-hybridized carbons (Fsp3) is 0.793. The molecule has 250 valence electrons. The zero-order valence-electron chi connectivity index (χ0n) is 25.2. The Balaban J connectivity index is 1.55. The van der Waals surface area contributed by atoms with Crippen LogP contribution < -0.4 is 0 Å². The van der Waals surface area contributed by atoms with E-state index in [0.29, 0.717) is 6.42 Å². The number of hydrogen-bond donors (Lipinski definition) is 5. The summed E-state index contributed by atoms with van der Waals surface area (Å²) >= 11 is 0. The number of ether oxygens (including phenoxy) is 8. The molecule has 1 aliphatic carbocycles. The van der Waals surface area contributed by atoms with Gasteiger partial charge in [-0.1, -0.05) is 13.0 Å². The molecule has 0 amide bonds. The molecule has 4 aliphatic rings. The lowest BCUT2D eigenvalue weighted by molar-refractivity contribution is -0.339. The Morgan fingerprint density at radius 2 is 1.77 bits per heavy atom. The van der Waals surface area contributed by atoms with Crippen molar-refractivity contribution in [2.75, 3.05) is 34.5 Å². The molecule has 3 heterocycles. The van der Waals surface area contributed by atoms with Crippen LogP contribution in [0.2, 0.25) is 0 Å². The molecule has 15 nitrogen and oxygen atoms in total. The Labute approximate surface area is 255 Å². The number of carbonyl (C=O) groups excluding carboxylic acids is 2. The maximum atomic E-state index is 13.7. The fourth-order valence-corrected chi connectivity index (χ4v) is 6.73. The van der Waals surface area contributed by atoms with Gasteiger partial charge >= 0.3 is 11.9 Å². The van der Waals surface area contributed by atoms with E-state index < -0.39 is 92.0 Å². The van der Waals surface area contributed by atoms with Crippen LogP contribution in [0.1, 0.15) is 19.8 Å². The molecule has 15 heteroatoms. The van der Waals surface area contributed by atoms with Crippen molar-refractivity contribution in [2.45, 2.75) is 75.4 Å². The Morgan fingerprint density at radius 1 is 1.07 bits per heavy atom. The summed E-state index contributed by atoms with van der Waals surface area (Å²) in [5.41, 5.74) is 0.130. The predicted molar refractivity (Wildman–Crippen MR) is 146 cm³/mol. The Hall–Kier alpha value is -2.18. The van der Waals surface area contributed by atoms with Crippen molar-refractivity contribution in [3.8, 4) is 0 Å². The lowest BCUT2D eigenvalue weighted by Crippen LogP contribution is -2.60. The highest BCUT2D eigenvalue weighted by Crippen LogP contribution is 2.48. The second-order valence-corrected chi connectivity index (χ2v) is 11.6. The van der Waals surface area contributed by atoms with Crippen LogP contribution in [0.5, 0.6) is 0 Å². The first-order chi connectivity index (χ1) is 21.0. The molecular formula is C29H44O15. The molecule has 4 rings (SSSR count). The second-order valence-electron chi connectivity index (χ2n) is 11.6. The molecule has 14 atom stereocenters. The summed E-state index contributed by atoms with van der Waals surface area (Å²) < 4.78 is 44.3. The SMILES string of the molecule is C=CC1C(OC2OC(CO)C(O)C(O)C2O)OC=C(C(=O)OC2CC3C(COC(O)C3C(=O)OC)C2C)C1CC(OC)OC. The lowest BCUT2D eigenvalue weighted by Gasteiger charge is -2.43. The van der Waals surface area contributed by atoms with Crippen molar-refractivity contribution >= 4 is 11.9 Å². The van der Waals surface area contributed by atoms with Crippen LogP contribution in [-0.4, -0.2) is 128 Å². The van der Waals surface area contributed by atoms with Gasteiger partial charge in [0, 0.05) is 32.5 Å². The van der Waals surface area contributed by atoms with Crippen LogP contribution in [0, 0.1) is 35.5 Å². The number of fused-ring (bicyclic) bond motifs is 1. The summed E-state index contributed by atoms with van der Waals surface area (Å²) in [5, 5.41) is 50.7. The largest absolute Gasteiger partial charge is 0.471 e.